The van der Waals surface area contributed by atoms with Crippen LogP contribution >= 0.6 is 11.8 Å². The summed E-state index contributed by atoms with van der Waals surface area (Å²) in [5, 5.41) is 10.7. The zero-order valence-electron chi connectivity index (χ0n) is 11.5. The van der Waals surface area contributed by atoms with Crippen LogP contribution in [0.4, 0.5) is 0 Å². The van der Waals surface area contributed by atoms with Gasteiger partial charge in [-0.1, -0.05) is 0 Å². The second-order valence-corrected chi connectivity index (χ2v) is 5.55. The maximum Gasteiger partial charge on any atom is 0.230 e. The third-order valence-corrected chi connectivity index (χ3v) is 3.68. The zero-order chi connectivity index (χ0) is 14.4. The van der Waals surface area contributed by atoms with Gasteiger partial charge in [-0.25, -0.2) is 0 Å². The van der Waals surface area contributed by atoms with E-state index in [0.29, 0.717) is 12.3 Å². The van der Waals surface area contributed by atoms with E-state index < -0.39 is 0 Å². The molecule has 0 saturated carbocycles. The van der Waals surface area contributed by atoms with Crippen molar-refractivity contribution in [1.29, 1.82) is 0 Å². The predicted octanol–water partition coefficient (Wildman–Crippen LogP) is 1.66. The molecule has 0 atom stereocenters. The smallest absolute Gasteiger partial charge is 0.230 e. The molecule has 0 aromatic carbocycles. The third kappa shape index (κ3) is 4.06. The van der Waals surface area contributed by atoms with Crippen molar-refractivity contribution in [3.63, 3.8) is 0 Å². The molecule has 7 heteroatoms. The summed E-state index contributed by atoms with van der Waals surface area (Å²) in [7, 11) is 0. The van der Waals surface area contributed by atoms with Crippen LogP contribution in [0, 0.1) is 0 Å². The number of amides is 1. The van der Waals surface area contributed by atoms with Crippen molar-refractivity contribution in [1.82, 2.24) is 25.1 Å². The first-order chi connectivity index (χ1) is 9.66. The Morgan fingerprint density at radius 3 is 2.85 bits per heavy atom. The second kappa shape index (κ2) is 7.04. The summed E-state index contributed by atoms with van der Waals surface area (Å²) in [4.78, 5) is 16.8. The van der Waals surface area contributed by atoms with Crippen LogP contribution in [0.25, 0.3) is 0 Å². The first-order valence-corrected chi connectivity index (χ1v) is 7.33. The van der Waals surface area contributed by atoms with Crippen LogP contribution in [0.3, 0.4) is 0 Å². The molecular formula is C13H17N5OS. The van der Waals surface area contributed by atoms with Crippen molar-refractivity contribution < 1.29 is 4.79 Å². The summed E-state index contributed by atoms with van der Waals surface area (Å²) < 4.78 is 1.94. The average Bonchev–Trinajstić information content (AvgIpc) is 2.92. The van der Waals surface area contributed by atoms with Crippen molar-refractivity contribution in [3.8, 4) is 0 Å². The second-order valence-electron chi connectivity index (χ2n) is 4.50. The van der Waals surface area contributed by atoms with Gasteiger partial charge >= 0.3 is 0 Å². The number of pyridine rings is 1. The number of aromatic nitrogens is 4. The van der Waals surface area contributed by atoms with Crippen LogP contribution in [0.1, 0.15) is 25.7 Å². The van der Waals surface area contributed by atoms with Gasteiger partial charge in [-0.2, -0.15) is 0 Å². The van der Waals surface area contributed by atoms with E-state index in [0.717, 1.165) is 10.7 Å². The van der Waals surface area contributed by atoms with Crippen molar-refractivity contribution in [3.05, 3.63) is 36.7 Å². The van der Waals surface area contributed by atoms with Crippen LogP contribution < -0.4 is 5.32 Å². The minimum Gasteiger partial charge on any atom is -0.348 e. The Kier molecular flexibility index (Phi) is 5.11. The SMILES string of the molecule is CC(C)n1cnnc1CNC(=O)CSc1ccncc1. The van der Waals surface area contributed by atoms with E-state index in [9.17, 15) is 4.79 Å². The highest BCUT2D eigenvalue weighted by molar-refractivity contribution is 8.00. The first-order valence-electron chi connectivity index (χ1n) is 6.34. The number of rotatable bonds is 6. The molecule has 2 heterocycles. The Hall–Kier alpha value is -1.89. The predicted molar refractivity (Wildman–Crippen MR) is 77.2 cm³/mol. The number of carbonyl (C=O) groups excluding carboxylic acids is 1. The van der Waals surface area contributed by atoms with Gasteiger partial charge in [-0.05, 0) is 26.0 Å². The average molecular weight is 291 g/mol. The van der Waals surface area contributed by atoms with Gasteiger partial charge in [-0.3, -0.25) is 9.78 Å². The molecule has 6 nitrogen and oxygen atoms in total. The van der Waals surface area contributed by atoms with E-state index in [4.69, 9.17) is 0 Å². The third-order valence-electron chi connectivity index (χ3n) is 2.67. The molecule has 106 valence electrons. The monoisotopic (exact) mass is 291 g/mol. The van der Waals surface area contributed by atoms with Gasteiger partial charge in [0.1, 0.15) is 6.33 Å². The van der Waals surface area contributed by atoms with Crippen molar-refractivity contribution in [2.24, 2.45) is 0 Å². The lowest BCUT2D eigenvalue weighted by molar-refractivity contribution is -0.118. The molecule has 0 radical (unpaired) electrons. The van der Waals surface area contributed by atoms with Crippen LogP contribution in [0.5, 0.6) is 0 Å². The van der Waals surface area contributed by atoms with Crippen LogP contribution in [-0.2, 0) is 11.3 Å². The highest BCUT2D eigenvalue weighted by Crippen LogP contribution is 2.15. The maximum atomic E-state index is 11.8. The molecule has 0 aliphatic carbocycles. The van der Waals surface area contributed by atoms with Gasteiger partial charge in [0.15, 0.2) is 5.82 Å². The quantitative estimate of drug-likeness (QED) is 0.819. The number of thioether (sulfide) groups is 1. The lowest BCUT2D eigenvalue weighted by atomic mass is 10.4. The summed E-state index contributed by atoms with van der Waals surface area (Å²) in [5.74, 6) is 1.12. The van der Waals surface area contributed by atoms with Gasteiger partial charge in [0.2, 0.25) is 5.91 Å². The molecule has 0 aliphatic heterocycles. The Morgan fingerprint density at radius 1 is 1.40 bits per heavy atom. The van der Waals surface area contributed by atoms with Gasteiger partial charge < -0.3 is 9.88 Å². The summed E-state index contributed by atoms with van der Waals surface area (Å²) in [6.07, 6.45) is 5.11. The topological polar surface area (TPSA) is 72.7 Å². The van der Waals surface area contributed by atoms with Crippen molar-refractivity contribution >= 4 is 17.7 Å². The molecule has 0 spiro atoms. The standard InChI is InChI=1S/C13H17N5OS/c1-10(2)18-9-16-17-12(18)7-15-13(19)8-20-11-3-5-14-6-4-11/h3-6,9-10H,7-8H2,1-2H3,(H,15,19). The highest BCUT2D eigenvalue weighted by Gasteiger charge is 2.09. The van der Waals surface area contributed by atoms with E-state index in [2.05, 4.69) is 20.5 Å². The molecule has 1 N–H and O–H groups in total. The van der Waals surface area contributed by atoms with E-state index in [1.807, 2.05) is 30.5 Å². The molecule has 2 aromatic heterocycles. The molecule has 0 saturated heterocycles. The maximum absolute atomic E-state index is 11.8. The highest BCUT2D eigenvalue weighted by atomic mass is 32.2. The lowest BCUT2D eigenvalue weighted by Gasteiger charge is -2.10. The van der Waals surface area contributed by atoms with Gasteiger partial charge in [0.05, 0.1) is 12.3 Å². The van der Waals surface area contributed by atoms with Gasteiger partial charge in [0, 0.05) is 23.3 Å². The van der Waals surface area contributed by atoms with Crippen LogP contribution in [0.15, 0.2) is 35.7 Å². The number of nitrogens with one attached hydrogen (secondary N) is 1. The zero-order valence-corrected chi connectivity index (χ0v) is 12.3. The first kappa shape index (κ1) is 14.5. The van der Waals surface area contributed by atoms with Gasteiger partial charge in [-0.15, -0.1) is 22.0 Å². The molecule has 0 fully saturated rings. The number of hydrogen-bond acceptors (Lipinski definition) is 5. The van der Waals surface area contributed by atoms with E-state index in [1.54, 1.807) is 18.7 Å². The summed E-state index contributed by atoms with van der Waals surface area (Å²) >= 11 is 1.48. The molecule has 2 rings (SSSR count). The minimum absolute atomic E-state index is 0.0230. The lowest BCUT2D eigenvalue weighted by Crippen LogP contribution is -2.26. The largest absolute Gasteiger partial charge is 0.348 e. The van der Waals surface area contributed by atoms with Crippen molar-refractivity contribution in [2.75, 3.05) is 5.75 Å². The van der Waals surface area contributed by atoms with Crippen LogP contribution in [-0.4, -0.2) is 31.4 Å². The van der Waals surface area contributed by atoms with E-state index >= 15 is 0 Å². The fourth-order valence-corrected chi connectivity index (χ4v) is 2.35. The summed E-state index contributed by atoms with van der Waals surface area (Å²) in [6.45, 7) is 4.50. The number of carbonyl (C=O) groups is 1. The molecular weight excluding hydrogens is 274 g/mol. The van der Waals surface area contributed by atoms with E-state index in [1.165, 1.54) is 11.8 Å². The van der Waals surface area contributed by atoms with Crippen molar-refractivity contribution in [2.45, 2.75) is 31.3 Å². The Bertz CT molecular complexity index is 555. The van der Waals surface area contributed by atoms with E-state index in [-0.39, 0.29) is 11.9 Å². The normalized spacial score (nSPS) is 10.8. The molecule has 20 heavy (non-hydrogen) atoms. The van der Waals surface area contributed by atoms with Gasteiger partial charge in [0.25, 0.3) is 0 Å². The fraction of sp³-hybridized carbons (Fsp3) is 0.385. The fourth-order valence-electron chi connectivity index (χ4n) is 1.64. The number of nitrogens with zero attached hydrogens (tertiary/aromatic N) is 4. The molecule has 2 aromatic rings. The molecule has 0 aliphatic rings. The Labute approximate surface area is 122 Å². The molecule has 0 unspecified atom stereocenters. The molecule has 1 amide bonds. The summed E-state index contributed by atoms with van der Waals surface area (Å²) in [6, 6.07) is 4.05. The molecule has 0 bridgehead atoms. The Balaban J connectivity index is 1.79. The van der Waals surface area contributed by atoms with Crippen LogP contribution in [0.2, 0.25) is 0 Å². The summed E-state index contributed by atoms with van der Waals surface area (Å²) in [5.41, 5.74) is 0. The minimum atomic E-state index is -0.0230. The Morgan fingerprint density at radius 2 is 2.15 bits per heavy atom. The number of hydrogen-bond donors (Lipinski definition) is 1.